The molecule has 0 saturated heterocycles. The Kier molecular flexibility index (Phi) is 4.48. The van der Waals surface area contributed by atoms with Crippen molar-refractivity contribution in [2.45, 2.75) is 26.2 Å². The van der Waals surface area contributed by atoms with E-state index in [1.54, 1.807) is 12.1 Å². The van der Waals surface area contributed by atoms with E-state index >= 15 is 0 Å². The highest BCUT2D eigenvalue weighted by Gasteiger charge is 2.17. The van der Waals surface area contributed by atoms with Gasteiger partial charge in [-0.2, -0.15) is 0 Å². The number of methoxy groups -OCH3 is 1. The molecule has 19 heavy (non-hydrogen) atoms. The van der Waals surface area contributed by atoms with Crippen LogP contribution < -0.4 is 0 Å². The smallest absolute Gasteiger partial charge is 0.330 e. The molecule has 0 spiro atoms. The van der Waals surface area contributed by atoms with Gasteiger partial charge < -0.3 is 9.84 Å². The second-order valence-electron chi connectivity index (χ2n) is 5.20. The molecule has 0 aliphatic rings. The Morgan fingerprint density at radius 2 is 1.84 bits per heavy atom. The number of aromatic hydroxyl groups is 1. The summed E-state index contributed by atoms with van der Waals surface area (Å²) in [6, 6.07) is 4.90. The van der Waals surface area contributed by atoms with Crippen LogP contribution in [-0.4, -0.2) is 24.0 Å². The number of phenolic OH excluding ortho intramolecular Hbond substituents is 1. The average molecular weight is 262 g/mol. The molecule has 4 nitrogen and oxygen atoms in total. The number of hydrogen-bond donors (Lipinski definition) is 1. The molecule has 0 radical (unpaired) electrons. The van der Waals surface area contributed by atoms with Crippen molar-refractivity contribution in [2.24, 2.45) is 0 Å². The molecule has 4 heteroatoms. The molecule has 0 amide bonds. The maximum absolute atomic E-state index is 11.9. The first-order valence-electron chi connectivity index (χ1n) is 5.89. The molecule has 0 unspecified atom stereocenters. The Morgan fingerprint density at radius 1 is 1.21 bits per heavy atom. The van der Waals surface area contributed by atoms with Gasteiger partial charge in [-0.1, -0.05) is 26.8 Å². The fourth-order valence-corrected chi connectivity index (χ4v) is 1.50. The Bertz CT molecular complexity index is 521. The van der Waals surface area contributed by atoms with Crippen molar-refractivity contribution < 1.29 is 19.4 Å². The van der Waals surface area contributed by atoms with Gasteiger partial charge in [0.1, 0.15) is 5.75 Å². The number of phenols is 1. The number of benzene rings is 1. The molecule has 0 bridgehead atoms. The summed E-state index contributed by atoms with van der Waals surface area (Å²) in [7, 11) is 1.23. The summed E-state index contributed by atoms with van der Waals surface area (Å²) >= 11 is 0. The van der Waals surface area contributed by atoms with Gasteiger partial charge in [-0.3, -0.25) is 4.79 Å². The van der Waals surface area contributed by atoms with Gasteiger partial charge in [0.25, 0.3) is 0 Å². The lowest BCUT2D eigenvalue weighted by molar-refractivity contribution is -0.134. The second kappa shape index (κ2) is 5.69. The summed E-state index contributed by atoms with van der Waals surface area (Å²) < 4.78 is 4.40. The van der Waals surface area contributed by atoms with Crippen molar-refractivity contribution in [3.63, 3.8) is 0 Å². The second-order valence-corrected chi connectivity index (χ2v) is 5.20. The predicted molar refractivity (Wildman–Crippen MR) is 72.3 cm³/mol. The minimum atomic E-state index is -0.611. The fourth-order valence-electron chi connectivity index (χ4n) is 1.50. The van der Waals surface area contributed by atoms with Crippen LogP contribution >= 0.6 is 0 Å². The quantitative estimate of drug-likeness (QED) is 0.516. The average Bonchev–Trinajstić information content (AvgIpc) is 2.34. The van der Waals surface area contributed by atoms with Crippen LogP contribution in [0.4, 0.5) is 0 Å². The highest BCUT2D eigenvalue weighted by Crippen LogP contribution is 2.27. The molecule has 0 atom stereocenters. The van der Waals surface area contributed by atoms with Gasteiger partial charge in [0.05, 0.1) is 12.7 Å². The zero-order valence-electron chi connectivity index (χ0n) is 11.6. The monoisotopic (exact) mass is 262 g/mol. The van der Waals surface area contributed by atoms with E-state index in [9.17, 15) is 14.7 Å². The first-order valence-corrected chi connectivity index (χ1v) is 5.89. The molecule has 1 rings (SSSR count). The fraction of sp³-hybridized carbons (Fsp3) is 0.333. The first-order chi connectivity index (χ1) is 8.75. The highest BCUT2D eigenvalue weighted by atomic mass is 16.5. The Morgan fingerprint density at radius 3 is 2.37 bits per heavy atom. The predicted octanol–water partition coefficient (Wildman–Crippen LogP) is 2.60. The molecule has 1 aromatic carbocycles. The van der Waals surface area contributed by atoms with Crippen LogP contribution in [0.25, 0.3) is 0 Å². The van der Waals surface area contributed by atoms with Crippen LogP contribution in [0.1, 0.15) is 36.7 Å². The molecular formula is C15H18O4. The molecule has 0 fully saturated rings. The van der Waals surface area contributed by atoms with E-state index in [-0.39, 0.29) is 16.7 Å². The van der Waals surface area contributed by atoms with E-state index < -0.39 is 11.8 Å². The standard InChI is InChI=1S/C15H18O4/c1-15(2,3)10-5-6-12(16)11(9-10)13(17)7-8-14(18)19-4/h5-9,16H,1-4H3/b8-7+. The zero-order chi connectivity index (χ0) is 14.6. The molecule has 0 saturated carbocycles. The number of allylic oxidation sites excluding steroid dienone is 1. The molecule has 0 heterocycles. The lowest BCUT2D eigenvalue weighted by atomic mass is 9.85. The zero-order valence-corrected chi connectivity index (χ0v) is 11.6. The molecule has 1 aromatic rings. The Balaban J connectivity index is 3.09. The van der Waals surface area contributed by atoms with E-state index in [2.05, 4.69) is 4.74 Å². The number of carbonyl (C=O) groups is 2. The van der Waals surface area contributed by atoms with Crippen molar-refractivity contribution in [1.29, 1.82) is 0 Å². The highest BCUT2D eigenvalue weighted by molar-refractivity contribution is 6.08. The first kappa shape index (κ1) is 15.0. The van der Waals surface area contributed by atoms with Crippen LogP contribution in [0, 0.1) is 0 Å². The normalized spacial score (nSPS) is 11.6. The Labute approximate surface area is 112 Å². The van der Waals surface area contributed by atoms with Crippen LogP contribution in [0.5, 0.6) is 5.75 Å². The third-order valence-electron chi connectivity index (χ3n) is 2.70. The molecule has 1 N–H and O–H groups in total. The minimum Gasteiger partial charge on any atom is -0.507 e. The van der Waals surface area contributed by atoms with E-state index in [4.69, 9.17) is 0 Å². The number of ether oxygens (including phenoxy) is 1. The van der Waals surface area contributed by atoms with E-state index in [1.807, 2.05) is 20.8 Å². The summed E-state index contributed by atoms with van der Waals surface area (Å²) in [4.78, 5) is 22.8. The topological polar surface area (TPSA) is 63.6 Å². The molecule has 0 aliphatic heterocycles. The number of ketones is 1. The lowest BCUT2D eigenvalue weighted by Crippen LogP contribution is -2.12. The SMILES string of the molecule is COC(=O)/C=C/C(=O)c1cc(C(C)(C)C)ccc1O. The summed E-state index contributed by atoms with van der Waals surface area (Å²) in [5.41, 5.74) is 0.974. The number of rotatable bonds is 3. The summed E-state index contributed by atoms with van der Waals surface area (Å²) in [6.45, 7) is 6.04. The Hall–Kier alpha value is -2.10. The number of hydrogen-bond acceptors (Lipinski definition) is 4. The van der Waals surface area contributed by atoms with Gasteiger partial charge in [0.15, 0.2) is 5.78 Å². The largest absolute Gasteiger partial charge is 0.507 e. The summed E-state index contributed by atoms with van der Waals surface area (Å²) in [5, 5.41) is 9.72. The minimum absolute atomic E-state index is 0.104. The van der Waals surface area contributed by atoms with Crippen LogP contribution in [0.3, 0.4) is 0 Å². The van der Waals surface area contributed by atoms with Gasteiger partial charge in [-0.25, -0.2) is 4.79 Å². The maximum Gasteiger partial charge on any atom is 0.330 e. The lowest BCUT2D eigenvalue weighted by Gasteiger charge is -2.19. The van der Waals surface area contributed by atoms with Crippen molar-refractivity contribution in [2.75, 3.05) is 7.11 Å². The van der Waals surface area contributed by atoms with E-state index in [0.29, 0.717) is 0 Å². The number of esters is 1. The van der Waals surface area contributed by atoms with Gasteiger partial charge in [0.2, 0.25) is 0 Å². The maximum atomic E-state index is 11.9. The van der Waals surface area contributed by atoms with E-state index in [0.717, 1.165) is 17.7 Å². The molecule has 0 aliphatic carbocycles. The van der Waals surface area contributed by atoms with Crippen LogP contribution in [0.15, 0.2) is 30.4 Å². The third-order valence-corrected chi connectivity index (χ3v) is 2.70. The summed E-state index contributed by atoms with van der Waals surface area (Å²) in [5.74, 6) is -1.15. The van der Waals surface area contributed by atoms with Crippen molar-refractivity contribution in [1.82, 2.24) is 0 Å². The van der Waals surface area contributed by atoms with Crippen molar-refractivity contribution in [3.05, 3.63) is 41.5 Å². The van der Waals surface area contributed by atoms with E-state index in [1.165, 1.54) is 13.2 Å². The van der Waals surface area contributed by atoms with Crippen molar-refractivity contribution >= 4 is 11.8 Å². The molecular weight excluding hydrogens is 244 g/mol. The van der Waals surface area contributed by atoms with Gasteiger partial charge in [-0.15, -0.1) is 0 Å². The van der Waals surface area contributed by atoms with Gasteiger partial charge in [-0.05, 0) is 29.2 Å². The third kappa shape index (κ3) is 3.95. The molecule has 0 aromatic heterocycles. The van der Waals surface area contributed by atoms with Crippen molar-refractivity contribution in [3.8, 4) is 5.75 Å². The molecule has 102 valence electrons. The van der Waals surface area contributed by atoms with Gasteiger partial charge >= 0.3 is 5.97 Å². The summed E-state index contributed by atoms with van der Waals surface area (Å²) in [6.07, 6.45) is 2.12. The van der Waals surface area contributed by atoms with Gasteiger partial charge in [0, 0.05) is 6.08 Å². The van der Waals surface area contributed by atoms with Crippen LogP contribution in [0.2, 0.25) is 0 Å². The van der Waals surface area contributed by atoms with Crippen LogP contribution in [-0.2, 0) is 14.9 Å². The number of carbonyl (C=O) groups excluding carboxylic acids is 2.